The second kappa shape index (κ2) is 6.58. The van der Waals surface area contributed by atoms with Crippen molar-refractivity contribution in [3.63, 3.8) is 0 Å². The lowest BCUT2D eigenvalue weighted by Gasteiger charge is -2.26. The van der Waals surface area contributed by atoms with Gasteiger partial charge in [0.05, 0.1) is 19.8 Å². The number of rotatable bonds is 4. The van der Waals surface area contributed by atoms with E-state index in [-0.39, 0.29) is 0 Å². The summed E-state index contributed by atoms with van der Waals surface area (Å²) in [5.74, 6) is 1.75. The smallest absolute Gasteiger partial charge is 0.119 e. The first kappa shape index (κ1) is 13.9. The van der Waals surface area contributed by atoms with Crippen molar-refractivity contribution in [2.24, 2.45) is 5.92 Å². The highest BCUT2D eigenvalue weighted by Gasteiger charge is 2.18. The van der Waals surface area contributed by atoms with Crippen LogP contribution in [0.1, 0.15) is 38.2 Å². The van der Waals surface area contributed by atoms with E-state index in [9.17, 15) is 0 Å². The van der Waals surface area contributed by atoms with Crippen LogP contribution >= 0.6 is 15.9 Å². The highest BCUT2D eigenvalue weighted by atomic mass is 79.9. The van der Waals surface area contributed by atoms with Crippen LogP contribution < -0.4 is 4.74 Å². The molecule has 1 aromatic carbocycles. The number of benzene rings is 1. The van der Waals surface area contributed by atoms with Gasteiger partial charge in [0.15, 0.2) is 0 Å². The van der Waals surface area contributed by atoms with Crippen LogP contribution in [-0.4, -0.2) is 13.2 Å². The lowest BCUT2D eigenvalue weighted by Crippen LogP contribution is -2.20. The van der Waals surface area contributed by atoms with Gasteiger partial charge in [0.1, 0.15) is 5.75 Å². The van der Waals surface area contributed by atoms with Gasteiger partial charge in [0.25, 0.3) is 0 Å². The summed E-state index contributed by atoms with van der Waals surface area (Å²) >= 11 is 3.56. The zero-order valence-corrected chi connectivity index (χ0v) is 12.7. The molecule has 2 rings (SSSR count). The van der Waals surface area contributed by atoms with Crippen LogP contribution in [0.15, 0.2) is 22.7 Å². The lowest BCUT2D eigenvalue weighted by molar-refractivity contribution is 0.00847. The summed E-state index contributed by atoms with van der Waals surface area (Å²) in [5.41, 5.74) is 1.16. The summed E-state index contributed by atoms with van der Waals surface area (Å²) < 4.78 is 12.3. The SMILES string of the molecule is COc1ccc(Br)c(COC2CCC(C)CC2)c1. The van der Waals surface area contributed by atoms with Crippen molar-refractivity contribution in [1.82, 2.24) is 0 Å². The molecule has 0 unspecified atom stereocenters. The summed E-state index contributed by atoms with van der Waals surface area (Å²) in [6.07, 6.45) is 5.42. The van der Waals surface area contributed by atoms with Crippen molar-refractivity contribution in [3.05, 3.63) is 28.2 Å². The van der Waals surface area contributed by atoms with Gasteiger partial charge >= 0.3 is 0 Å². The summed E-state index contributed by atoms with van der Waals surface area (Å²) in [6, 6.07) is 6.01. The van der Waals surface area contributed by atoms with Crippen LogP contribution in [0.4, 0.5) is 0 Å². The minimum absolute atomic E-state index is 0.430. The quantitative estimate of drug-likeness (QED) is 0.811. The van der Waals surface area contributed by atoms with Gasteiger partial charge in [-0.25, -0.2) is 0 Å². The van der Waals surface area contributed by atoms with E-state index in [0.29, 0.717) is 12.7 Å². The van der Waals surface area contributed by atoms with E-state index in [0.717, 1.165) is 21.7 Å². The average molecular weight is 313 g/mol. The summed E-state index contributed by atoms with van der Waals surface area (Å²) in [7, 11) is 1.69. The van der Waals surface area contributed by atoms with Gasteiger partial charge in [0.2, 0.25) is 0 Å². The molecule has 1 aliphatic rings. The molecule has 0 atom stereocenters. The Morgan fingerprint density at radius 3 is 2.61 bits per heavy atom. The van der Waals surface area contributed by atoms with Crippen LogP contribution in [0.5, 0.6) is 5.75 Å². The third-order valence-electron chi connectivity index (χ3n) is 3.69. The highest BCUT2D eigenvalue weighted by Crippen LogP contribution is 2.28. The Hall–Kier alpha value is -0.540. The van der Waals surface area contributed by atoms with Crippen LogP contribution in [0.2, 0.25) is 0 Å². The van der Waals surface area contributed by atoms with Gasteiger partial charge in [0, 0.05) is 4.47 Å². The van der Waals surface area contributed by atoms with Crippen molar-refractivity contribution in [1.29, 1.82) is 0 Å². The predicted molar refractivity (Wildman–Crippen MR) is 76.9 cm³/mol. The summed E-state index contributed by atoms with van der Waals surface area (Å²) in [4.78, 5) is 0. The Morgan fingerprint density at radius 2 is 1.94 bits per heavy atom. The molecule has 0 saturated heterocycles. The van der Waals surface area contributed by atoms with Crippen molar-refractivity contribution < 1.29 is 9.47 Å². The predicted octanol–water partition coefficient (Wildman–Crippen LogP) is 4.55. The van der Waals surface area contributed by atoms with Crippen LogP contribution in [0.25, 0.3) is 0 Å². The molecule has 0 heterocycles. The van der Waals surface area contributed by atoms with E-state index in [1.807, 2.05) is 18.2 Å². The van der Waals surface area contributed by atoms with Crippen molar-refractivity contribution in [2.45, 2.75) is 45.3 Å². The van der Waals surface area contributed by atoms with E-state index in [1.165, 1.54) is 25.7 Å². The topological polar surface area (TPSA) is 18.5 Å². The Balaban J connectivity index is 1.89. The van der Waals surface area contributed by atoms with Gasteiger partial charge in [-0.3, -0.25) is 0 Å². The monoisotopic (exact) mass is 312 g/mol. The fraction of sp³-hybridized carbons (Fsp3) is 0.600. The van der Waals surface area contributed by atoms with Crippen LogP contribution in [0, 0.1) is 5.92 Å². The maximum absolute atomic E-state index is 6.01. The Labute approximate surface area is 118 Å². The number of hydrogen-bond donors (Lipinski definition) is 0. The third-order valence-corrected chi connectivity index (χ3v) is 4.46. The maximum atomic E-state index is 6.01. The lowest BCUT2D eigenvalue weighted by atomic mass is 9.89. The molecule has 0 aliphatic heterocycles. The first-order valence-electron chi connectivity index (χ1n) is 6.63. The zero-order chi connectivity index (χ0) is 13.0. The van der Waals surface area contributed by atoms with Gasteiger partial charge in [-0.2, -0.15) is 0 Å². The van der Waals surface area contributed by atoms with Gasteiger partial charge in [-0.15, -0.1) is 0 Å². The molecule has 1 fully saturated rings. The number of hydrogen-bond acceptors (Lipinski definition) is 2. The number of methoxy groups -OCH3 is 1. The van der Waals surface area contributed by atoms with E-state index < -0.39 is 0 Å². The van der Waals surface area contributed by atoms with E-state index in [2.05, 4.69) is 22.9 Å². The first-order valence-corrected chi connectivity index (χ1v) is 7.42. The van der Waals surface area contributed by atoms with Crippen molar-refractivity contribution in [3.8, 4) is 5.75 Å². The molecule has 100 valence electrons. The first-order chi connectivity index (χ1) is 8.69. The molecule has 0 radical (unpaired) electrons. The molecular weight excluding hydrogens is 292 g/mol. The summed E-state index contributed by atoms with van der Waals surface area (Å²) in [5, 5.41) is 0. The van der Waals surface area contributed by atoms with Crippen LogP contribution in [-0.2, 0) is 11.3 Å². The standard InChI is InChI=1S/C15H21BrO2/c1-11-3-5-13(6-4-11)18-10-12-9-14(17-2)7-8-15(12)16/h7-9,11,13H,3-6,10H2,1-2H3. The minimum atomic E-state index is 0.430. The second-order valence-corrected chi connectivity index (χ2v) is 6.00. The third kappa shape index (κ3) is 3.72. The normalized spacial score (nSPS) is 23.9. The molecule has 1 aliphatic carbocycles. The van der Waals surface area contributed by atoms with Gasteiger partial charge in [-0.1, -0.05) is 22.9 Å². The number of ether oxygens (including phenoxy) is 2. The van der Waals surface area contributed by atoms with Crippen molar-refractivity contribution in [2.75, 3.05) is 7.11 Å². The Morgan fingerprint density at radius 1 is 1.22 bits per heavy atom. The fourth-order valence-electron chi connectivity index (χ4n) is 2.39. The molecule has 2 nitrogen and oxygen atoms in total. The molecular formula is C15H21BrO2. The highest BCUT2D eigenvalue weighted by molar-refractivity contribution is 9.10. The molecule has 0 aromatic heterocycles. The molecule has 18 heavy (non-hydrogen) atoms. The van der Waals surface area contributed by atoms with Gasteiger partial charge in [-0.05, 0) is 55.4 Å². The van der Waals surface area contributed by atoms with E-state index in [4.69, 9.17) is 9.47 Å². The average Bonchev–Trinajstić information content (AvgIpc) is 2.40. The minimum Gasteiger partial charge on any atom is -0.497 e. The van der Waals surface area contributed by atoms with Gasteiger partial charge < -0.3 is 9.47 Å². The van der Waals surface area contributed by atoms with Crippen LogP contribution in [0.3, 0.4) is 0 Å². The zero-order valence-electron chi connectivity index (χ0n) is 11.1. The fourth-order valence-corrected chi connectivity index (χ4v) is 2.75. The molecule has 0 amide bonds. The Bertz CT molecular complexity index is 384. The van der Waals surface area contributed by atoms with E-state index in [1.54, 1.807) is 7.11 Å². The molecule has 3 heteroatoms. The molecule has 0 N–H and O–H groups in total. The molecule has 0 spiro atoms. The van der Waals surface area contributed by atoms with E-state index >= 15 is 0 Å². The molecule has 1 aromatic rings. The number of halogens is 1. The second-order valence-electron chi connectivity index (χ2n) is 5.15. The maximum Gasteiger partial charge on any atom is 0.119 e. The molecule has 1 saturated carbocycles. The van der Waals surface area contributed by atoms with Crippen molar-refractivity contribution >= 4 is 15.9 Å². The Kier molecular flexibility index (Phi) is 5.07. The largest absolute Gasteiger partial charge is 0.497 e. The summed E-state index contributed by atoms with van der Waals surface area (Å²) in [6.45, 7) is 2.99. The molecule has 0 bridgehead atoms.